The normalized spacial score (nSPS) is 11.6. The van der Waals surface area contributed by atoms with Crippen LogP contribution in [0.4, 0.5) is 0 Å². The molecule has 30 heavy (non-hydrogen) atoms. The SMILES string of the molecule is COC(=O)C(Sc1nc(-c2ccco2)cc(-c2ccco2)c1C#N)c1ccccc1. The zero-order valence-corrected chi connectivity index (χ0v) is 16.8. The quantitative estimate of drug-likeness (QED) is 0.304. The van der Waals surface area contributed by atoms with E-state index in [1.807, 2.05) is 30.3 Å². The van der Waals surface area contributed by atoms with E-state index in [0.29, 0.717) is 33.4 Å². The molecule has 0 spiro atoms. The van der Waals surface area contributed by atoms with Crippen LogP contribution in [0.1, 0.15) is 16.4 Å². The average Bonchev–Trinajstić information content (AvgIpc) is 3.51. The molecule has 0 aliphatic rings. The number of carbonyl (C=O) groups is 1. The van der Waals surface area contributed by atoms with Gasteiger partial charge in [-0.3, -0.25) is 4.79 Å². The van der Waals surface area contributed by atoms with Crippen molar-refractivity contribution < 1.29 is 18.4 Å². The number of furan rings is 2. The van der Waals surface area contributed by atoms with Gasteiger partial charge in [-0.15, -0.1) is 0 Å². The second kappa shape index (κ2) is 8.72. The number of rotatable bonds is 6. The van der Waals surface area contributed by atoms with Crippen LogP contribution in [0.5, 0.6) is 0 Å². The van der Waals surface area contributed by atoms with Gasteiger partial charge in [0.15, 0.2) is 5.76 Å². The molecule has 4 rings (SSSR count). The van der Waals surface area contributed by atoms with Crippen LogP contribution in [-0.4, -0.2) is 18.1 Å². The van der Waals surface area contributed by atoms with E-state index in [-0.39, 0.29) is 0 Å². The van der Waals surface area contributed by atoms with E-state index in [1.165, 1.54) is 13.4 Å². The van der Waals surface area contributed by atoms with Crippen molar-refractivity contribution in [1.29, 1.82) is 5.26 Å². The Hall–Kier alpha value is -3.76. The molecule has 3 heterocycles. The second-order valence-corrected chi connectivity index (χ2v) is 7.33. The molecule has 0 amide bonds. The first-order chi connectivity index (χ1) is 14.7. The third-order valence-electron chi connectivity index (χ3n) is 4.41. The summed E-state index contributed by atoms with van der Waals surface area (Å²) in [6.45, 7) is 0. The number of thioether (sulfide) groups is 1. The summed E-state index contributed by atoms with van der Waals surface area (Å²) in [4.78, 5) is 17.2. The Balaban J connectivity index is 1.87. The summed E-state index contributed by atoms with van der Waals surface area (Å²) in [5, 5.41) is 9.61. The molecule has 6 nitrogen and oxygen atoms in total. The molecule has 1 unspecified atom stereocenters. The topological polar surface area (TPSA) is 89.3 Å². The number of benzene rings is 1. The van der Waals surface area contributed by atoms with Crippen molar-refractivity contribution >= 4 is 17.7 Å². The molecule has 7 heteroatoms. The fraction of sp³-hybridized carbons (Fsp3) is 0.0870. The third-order valence-corrected chi connectivity index (χ3v) is 5.62. The zero-order valence-electron chi connectivity index (χ0n) is 15.9. The van der Waals surface area contributed by atoms with Crippen LogP contribution in [0.15, 0.2) is 87.1 Å². The highest BCUT2D eigenvalue weighted by Gasteiger charge is 2.27. The van der Waals surface area contributed by atoms with Crippen molar-refractivity contribution in [1.82, 2.24) is 4.98 Å². The van der Waals surface area contributed by atoms with Crippen LogP contribution in [0, 0.1) is 11.3 Å². The van der Waals surface area contributed by atoms with E-state index in [1.54, 1.807) is 36.6 Å². The van der Waals surface area contributed by atoms with Gasteiger partial charge in [-0.05, 0) is 35.9 Å². The lowest BCUT2D eigenvalue weighted by atomic mass is 10.1. The van der Waals surface area contributed by atoms with Gasteiger partial charge in [-0.2, -0.15) is 5.26 Å². The predicted molar refractivity (Wildman–Crippen MR) is 111 cm³/mol. The van der Waals surface area contributed by atoms with E-state index >= 15 is 0 Å². The monoisotopic (exact) mass is 416 g/mol. The Morgan fingerprint density at radius 2 is 1.77 bits per heavy atom. The van der Waals surface area contributed by atoms with Gasteiger partial charge < -0.3 is 13.6 Å². The third kappa shape index (κ3) is 3.86. The van der Waals surface area contributed by atoms with Gasteiger partial charge in [0.1, 0.15) is 27.8 Å². The molecule has 0 radical (unpaired) electrons. The molecule has 1 aromatic carbocycles. The van der Waals surface area contributed by atoms with Crippen LogP contribution in [0.25, 0.3) is 22.8 Å². The number of nitriles is 1. The van der Waals surface area contributed by atoms with Crippen molar-refractivity contribution in [2.75, 3.05) is 7.11 Å². The minimum absolute atomic E-state index is 0.315. The maximum atomic E-state index is 12.6. The van der Waals surface area contributed by atoms with Crippen molar-refractivity contribution in [2.45, 2.75) is 10.3 Å². The number of hydrogen-bond donors (Lipinski definition) is 0. The Morgan fingerprint density at radius 1 is 1.07 bits per heavy atom. The summed E-state index contributed by atoms with van der Waals surface area (Å²) < 4.78 is 16.0. The summed E-state index contributed by atoms with van der Waals surface area (Å²) in [6.07, 6.45) is 3.09. The van der Waals surface area contributed by atoms with Crippen LogP contribution in [-0.2, 0) is 9.53 Å². The molecule has 0 aliphatic heterocycles. The van der Waals surface area contributed by atoms with Gasteiger partial charge in [0.2, 0.25) is 0 Å². The number of carbonyl (C=O) groups excluding carboxylic acids is 1. The van der Waals surface area contributed by atoms with Gasteiger partial charge in [-0.1, -0.05) is 42.1 Å². The van der Waals surface area contributed by atoms with E-state index in [2.05, 4.69) is 11.1 Å². The van der Waals surface area contributed by atoms with Crippen molar-refractivity contribution in [3.8, 4) is 28.8 Å². The lowest BCUT2D eigenvalue weighted by Crippen LogP contribution is -2.12. The predicted octanol–water partition coefficient (Wildman–Crippen LogP) is 5.48. The molecule has 1 atom stereocenters. The maximum Gasteiger partial charge on any atom is 0.323 e. The first-order valence-corrected chi connectivity index (χ1v) is 9.91. The Bertz CT molecular complexity index is 1180. The van der Waals surface area contributed by atoms with E-state index in [9.17, 15) is 10.1 Å². The Kier molecular flexibility index (Phi) is 5.68. The Labute approximate surface area is 177 Å². The smallest absolute Gasteiger partial charge is 0.323 e. The summed E-state index contributed by atoms with van der Waals surface area (Å²) in [5.41, 5.74) is 2.17. The molecule has 0 saturated carbocycles. The number of aromatic nitrogens is 1. The van der Waals surface area contributed by atoms with Crippen LogP contribution < -0.4 is 0 Å². The number of pyridine rings is 1. The van der Waals surface area contributed by atoms with Crippen molar-refractivity contribution in [2.24, 2.45) is 0 Å². The van der Waals surface area contributed by atoms with Gasteiger partial charge >= 0.3 is 5.97 Å². The van der Waals surface area contributed by atoms with Crippen LogP contribution in [0.3, 0.4) is 0 Å². The van der Waals surface area contributed by atoms with Gasteiger partial charge in [-0.25, -0.2) is 4.98 Å². The lowest BCUT2D eigenvalue weighted by Gasteiger charge is -2.16. The van der Waals surface area contributed by atoms with Crippen LogP contribution in [0.2, 0.25) is 0 Å². The number of esters is 1. The lowest BCUT2D eigenvalue weighted by molar-refractivity contribution is -0.140. The highest BCUT2D eigenvalue weighted by Crippen LogP contribution is 2.41. The molecular weight excluding hydrogens is 400 g/mol. The summed E-state index contributed by atoms with van der Waals surface area (Å²) in [7, 11) is 1.34. The van der Waals surface area contributed by atoms with Crippen molar-refractivity contribution in [3.05, 3.63) is 84.3 Å². The number of hydrogen-bond acceptors (Lipinski definition) is 7. The highest BCUT2D eigenvalue weighted by molar-refractivity contribution is 8.00. The largest absolute Gasteiger partial charge is 0.468 e. The molecule has 3 aromatic heterocycles. The fourth-order valence-corrected chi connectivity index (χ4v) is 4.12. The maximum absolute atomic E-state index is 12.6. The van der Waals surface area contributed by atoms with Gasteiger partial charge in [0, 0.05) is 5.56 Å². The second-order valence-electron chi connectivity index (χ2n) is 6.23. The molecule has 0 saturated heterocycles. The first kappa shape index (κ1) is 19.6. The summed E-state index contributed by atoms with van der Waals surface area (Å²) in [5.74, 6) is 0.640. The average molecular weight is 416 g/mol. The fourth-order valence-electron chi connectivity index (χ4n) is 2.99. The molecule has 4 aromatic rings. The molecule has 0 N–H and O–H groups in total. The summed E-state index contributed by atoms with van der Waals surface area (Å²) in [6, 6.07) is 20.3. The minimum atomic E-state index is -0.688. The minimum Gasteiger partial charge on any atom is -0.468 e. The van der Waals surface area contributed by atoms with E-state index in [4.69, 9.17) is 13.6 Å². The molecule has 0 fully saturated rings. The number of methoxy groups -OCH3 is 1. The van der Waals surface area contributed by atoms with E-state index < -0.39 is 11.2 Å². The van der Waals surface area contributed by atoms with Gasteiger partial charge in [0.05, 0.1) is 25.2 Å². The number of nitrogens with zero attached hydrogens (tertiary/aromatic N) is 2. The molecule has 148 valence electrons. The van der Waals surface area contributed by atoms with E-state index in [0.717, 1.165) is 17.3 Å². The Morgan fingerprint density at radius 3 is 2.37 bits per heavy atom. The highest BCUT2D eigenvalue weighted by atomic mass is 32.2. The molecular formula is C23H16N2O4S. The zero-order chi connectivity index (χ0) is 20.9. The van der Waals surface area contributed by atoms with Gasteiger partial charge in [0.25, 0.3) is 0 Å². The van der Waals surface area contributed by atoms with Crippen molar-refractivity contribution in [3.63, 3.8) is 0 Å². The standard InChI is InChI=1S/C23H16N2O4S/c1-27-23(26)21(15-7-3-2-4-8-15)30-22-17(14-24)16(19-9-5-11-28-19)13-18(25-22)20-10-6-12-29-20/h2-13,21H,1H3. The summed E-state index contributed by atoms with van der Waals surface area (Å²) >= 11 is 1.16. The molecule has 0 bridgehead atoms. The first-order valence-electron chi connectivity index (χ1n) is 9.03. The van der Waals surface area contributed by atoms with Crippen LogP contribution >= 0.6 is 11.8 Å². The molecule has 0 aliphatic carbocycles. The number of ether oxygens (including phenoxy) is 1.